The summed E-state index contributed by atoms with van der Waals surface area (Å²) in [6.07, 6.45) is 4.34. The van der Waals surface area contributed by atoms with Gasteiger partial charge in [0.15, 0.2) is 0 Å². The number of pyridine rings is 1. The molecule has 0 radical (unpaired) electrons. The monoisotopic (exact) mass is 340 g/mol. The number of ether oxygens (including phenoxy) is 1. The molecule has 2 aromatic rings. The van der Waals surface area contributed by atoms with E-state index in [9.17, 15) is 9.18 Å². The molecule has 1 saturated carbocycles. The van der Waals surface area contributed by atoms with Crippen LogP contribution in [-0.2, 0) is 16.0 Å². The number of hydrogen-bond donors (Lipinski definition) is 1. The quantitative estimate of drug-likeness (QED) is 0.858. The molecule has 2 aliphatic carbocycles. The molecular formula is C20H21FN2O2. The van der Waals surface area contributed by atoms with Crippen molar-refractivity contribution in [3.05, 3.63) is 58.7 Å². The zero-order valence-corrected chi connectivity index (χ0v) is 14.4. The Balaban J connectivity index is 1.47. The zero-order valence-electron chi connectivity index (χ0n) is 14.4. The van der Waals surface area contributed by atoms with Gasteiger partial charge in [-0.15, -0.1) is 0 Å². The number of benzene rings is 1. The minimum atomic E-state index is -0.164. The van der Waals surface area contributed by atoms with Gasteiger partial charge in [0.25, 0.3) is 0 Å². The molecule has 1 heterocycles. The maximum Gasteiger partial charge on any atom is 0.309 e. The van der Waals surface area contributed by atoms with Gasteiger partial charge in [-0.25, -0.2) is 4.39 Å². The Bertz CT molecular complexity index is 819. The van der Waals surface area contributed by atoms with Crippen molar-refractivity contribution in [3.8, 4) is 0 Å². The standard InChI is InChI=1S/C20H21FN2O2/c1-11-3-6-16(21)19-13(11)5-8-18(19)23-12-4-7-17(22-10-12)14-9-15(14)20(24)25-2/h3-4,6-7,10,14-15,18,23H,5,8-9H2,1-2H3/t14-,15-,18+/m0/s1. The number of anilines is 1. The molecule has 1 aromatic heterocycles. The molecule has 4 nitrogen and oxygen atoms in total. The molecule has 0 saturated heterocycles. The van der Waals surface area contributed by atoms with Crippen LogP contribution in [-0.4, -0.2) is 18.1 Å². The number of esters is 1. The topological polar surface area (TPSA) is 51.2 Å². The molecule has 130 valence electrons. The highest BCUT2D eigenvalue weighted by Gasteiger charge is 2.45. The fraction of sp³-hybridized carbons (Fsp3) is 0.400. The molecule has 0 amide bonds. The second-order valence-corrected chi connectivity index (χ2v) is 6.94. The fourth-order valence-corrected chi connectivity index (χ4v) is 3.88. The van der Waals surface area contributed by atoms with Gasteiger partial charge in [-0.3, -0.25) is 9.78 Å². The molecular weight excluding hydrogens is 319 g/mol. The lowest BCUT2D eigenvalue weighted by atomic mass is 10.0. The first-order valence-electron chi connectivity index (χ1n) is 8.66. The summed E-state index contributed by atoms with van der Waals surface area (Å²) in [5, 5.41) is 3.40. The number of carbonyl (C=O) groups excluding carboxylic acids is 1. The van der Waals surface area contributed by atoms with Crippen LogP contribution in [0.5, 0.6) is 0 Å². The number of hydrogen-bond acceptors (Lipinski definition) is 4. The van der Waals surface area contributed by atoms with Crippen molar-refractivity contribution in [3.63, 3.8) is 0 Å². The van der Waals surface area contributed by atoms with E-state index in [1.54, 1.807) is 12.3 Å². The van der Waals surface area contributed by atoms with E-state index >= 15 is 0 Å². The second-order valence-electron chi connectivity index (χ2n) is 6.94. The molecule has 1 N–H and O–H groups in total. The van der Waals surface area contributed by atoms with Crippen molar-refractivity contribution in [1.29, 1.82) is 0 Å². The molecule has 1 fully saturated rings. The highest BCUT2D eigenvalue weighted by atomic mass is 19.1. The Morgan fingerprint density at radius 1 is 1.32 bits per heavy atom. The lowest BCUT2D eigenvalue weighted by molar-refractivity contribution is -0.142. The van der Waals surface area contributed by atoms with Crippen LogP contribution in [0, 0.1) is 18.7 Å². The highest BCUT2D eigenvalue weighted by molar-refractivity contribution is 5.77. The summed E-state index contributed by atoms with van der Waals surface area (Å²) in [7, 11) is 1.42. The predicted molar refractivity (Wildman–Crippen MR) is 92.9 cm³/mol. The van der Waals surface area contributed by atoms with Gasteiger partial charge in [0.05, 0.1) is 31.0 Å². The Labute approximate surface area is 146 Å². The van der Waals surface area contributed by atoms with E-state index in [-0.39, 0.29) is 29.7 Å². The van der Waals surface area contributed by atoms with Gasteiger partial charge in [0, 0.05) is 17.2 Å². The summed E-state index contributed by atoms with van der Waals surface area (Å²) < 4.78 is 19.0. The molecule has 3 atom stereocenters. The van der Waals surface area contributed by atoms with E-state index < -0.39 is 0 Å². The molecule has 5 heteroatoms. The summed E-state index contributed by atoms with van der Waals surface area (Å²) in [6.45, 7) is 2.03. The number of rotatable bonds is 4. The average Bonchev–Trinajstić information content (AvgIpc) is 3.31. The van der Waals surface area contributed by atoms with Crippen LogP contribution in [0.2, 0.25) is 0 Å². The van der Waals surface area contributed by atoms with Gasteiger partial charge >= 0.3 is 5.97 Å². The van der Waals surface area contributed by atoms with E-state index in [1.165, 1.54) is 7.11 Å². The van der Waals surface area contributed by atoms with E-state index in [4.69, 9.17) is 4.74 Å². The Kier molecular flexibility index (Phi) is 3.94. The summed E-state index contributed by atoms with van der Waals surface area (Å²) in [5.74, 6) is -0.203. The molecule has 0 unspecified atom stereocenters. The van der Waals surface area contributed by atoms with E-state index in [0.717, 1.165) is 47.3 Å². The van der Waals surface area contributed by atoms with Gasteiger partial charge in [0.1, 0.15) is 5.82 Å². The lowest BCUT2D eigenvalue weighted by Crippen LogP contribution is -2.09. The van der Waals surface area contributed by atoms with E-state index in [1.807, 2.05) is 25.1 Å². The number of carbonyl (C=O) groups is 1. The second kappa shape index (κ2) is 6.14. The third-order valence-electron chi connectivity index (χ3n) is 5.37. The van der Waals surface area contributed by atoms with Crippen molar-refractivity contribution >= 4 is 11.7 Å². The van der Waals surface area contributed by atoms with E-state index in [2.05, 4.69) is 10.3 Å². The van der Waals surface area contributed by atoms with Crippen molar-refractivity contribution in [2.75, 3.05) is 12.4 Å². The van der Waals surface area contributed by atoms with Crippen molar-refractivity contribution in [2.45, 2.75) is 38.1 Å². The van der Waals surface area contributed by atoms with Crippen molar-refractivity contribution in [2.24, 2.45) is 5.92 Å². The molecule has 0 aliphatic heterocycles. The zero-order chi connectivity index (χ0) is 17.6. The van der Waals surface area contributed by atoms with Crippen LogP contribution < -0.4 is 5.32 Å². The average molecular weight is 340 g/mol. The SMILES string of the molecule is COC(=O)[C@H]1C[C@@H]1c1ccc(N[C@@H]2CCc3c(C)ccc(F)c32)cn1. The van der Waals surface area contributed by atoms with Crippen molar-refractivity contribution < 1.29 is 13.9 Å². The maximum atomic E-state index is 14.3. The largest absolute Gasteiger partial charge is 0.469 e. The minimum Gasteiger partial charge on any atom is -0.469 e. The van der Waals surface area contributed by atoms with Crippen LogP contribution >= 0.6 is 0 Å². The predicted octanol–water partition coefficient (Wildman–Crippen LogP) is 3.91. The van der Waals surface area contributed by atoms with Gasteiger partial charge in [0.2, 0.25) is 0 Å². The van der Waals surface area contributed by atoms with Crippen LogP contribution in [0.25, 0.3) is 0 Å². The normalized spacial score (nSPS) is 23.9. The molecule has 0 spiro atoms. The lowest BCUT2D eigenvalue weighted by Gasteiger charge is -2.16. The fourth-order valence-electron chi connectivity index (χ4n) is 3.88. The minimum absolute atomic E-state index is 0.0220. The number of methoxy groups -OCH3 is 1. The number of aryl methyl sites for hydroxylation is 1. The van der Waals surface area contributed by atoms with Crippen molar-refractivity contribution in [1.82, 2.24) is 4.98 Å². The Hall–Kier alpha value is -2.43. The number of halogens is 1. The first-order chi connectivity index (χ1) is 12.1. The number of aromatic nitrogens is 1. The molecule has 0 bridgehead atoms. The first kappa shape index (κ1) is 16.1. The molecule has 2 aliphatic rings. The first-order valence-corrected chi connectivity index (χ1v) is 8.66. The Morgan fingerprint density at radius 3 is 2.88 bits per heavy atom. The smallest absolute Gasteiger partial charge is 0.309 e. The summed E-state index contributed by atoms with van der Waals surface area (Å²) in [6, 6.07) is 7.28. The highest BCUT2D eigenvalue weighted by Crippen LogP contribution is 2.47. The van der Waals surface area contributed by atoms with E-state index in [0.29, 0.717) is 0 Å². The molecule has 1 aromatic carbocycles. The molecule has 25 heavy (non-hydrogen) atoms. The van der Waals surface area contributed by atoms with Crippen LogP contribution in [0.1, 0.15) is 47.2 Å². The number of fused-ring (bicyclic) bond motifs is 1. The van der Waals surface area contributed by atoms with Gasteiger partial charge < -0.3 is 10.1 Å². The van der Waals surface area contributed by atoms with Gasteiger partial charge in [-0.2, -0.15) is 0 Å². The van der Waals surface area contributed by atoms with Gasteiger partial charge in [-0.1, -0.05) is 6.07 Å². The third kappa shape index (κ3) is 2.88. The third-order valence-corrected chi connectivity index (χ3v) is 5.37. The molecule has 4 rings (SSSR count). The van der Waals surface area contributed by atoms with Crippen LogP contribution in [0.4, 0.5) is 10.1 Å². The summed E-state index contributed by atoms with van der Waals surface area (Å²) in [4.78, 5) is 16.0. The summed E-state index contributed by atoms with van der Waals surface area (Å²) >= 11 is 0. The number of nitrogens with one attached hydrogen (secondary N) is 1. The maximum absolute atomic E-state index is 14.3. The number of nitrogens with zero attached hydrogens (tertiary/aromatic N) is 1. The Morgan fingerprint density at radius 2 is 2.16 bits per heavy atom. The van der Waals surface area contributed by atoms with Crippen LogP contribution in [0.15, 0.2) is 30.5 Å². The van der Waals surface area contributed by atoms with Gasteiger partial charge in [-0.05, 0) is 55.5 Å². The van der Waals surface area contributed by atoms with Crippen LogP contribution in [0.3, 0.4) is 0 Å². The summed E-state index contributed by atoms with van der Waals surface area (Å²) in [5.41, 5.74) is 4.85.